The van der Waals surface area contributed by atoms with Gasteiger partial charge in [-0.3, -0.25) is 0 Å². The van der Waals surface area contributed by atoms with Crippen molar-refractivity contribution in [3.05, 3.63) is 96.6 Å². The summed E-state index contributed by atoms with van der Waals surface area (Å²) >= 11 is 0. The molecule has 0 atom stereocenters. The van der Waals surface area contributed by atoms with Crippen molar-refractivity contribution < 1.29 is 8.78 Å². The third-order valence-electron chi connectivity index (χ3n) is 4.19. The number of rotatable bonds is 3. The van der Waals surface area contributed by atoms with Gasteiger partial charge in [0.25, 0.3) is 0 Å². The van der Waals surface area contributed by atoms with Gasteiger partial charge in [0.1, 0.15) is 11.6 Å². The topological polar surface area (TPSA) is 15.8 Å². The molecule has 0 radical (unpaired) electrons. The molecule has 0 saturated carbocycles. The summed E-state index contributed by atoms with van der Waals surface area (Å²) in [6.07, 6.45) is 0. The number of aromatic amines is 1. The largest absolute Gasteiger partial charge is 0.354 e. The van der Waals surface area contributed by atoms with E-state index < -0.39 is 0 Å². The molecule has 3 heteroatoms. The Bertz CT molecular complexity index is 922. The zero-order valence-corrected chi connectivity index (χ0v) is 13.3. The average Bonchev–Trinajstić information content (AvgIpc) is 3.09. The van der Waals surface area contributed by atoms with Gasteiger partial charge in [0.15, 0.2) is 0 Å². The zero-order valence-electron chi connectivity index (χ0n) is 13.3. The van der Waals surface area contributed by atoms with E-state index in [0.29, 0.717) is 0 Å². The van der Waals surface area contributed by atoms with Crippen LogP contribution in [0.25, 0.3) is 33.6 Å². The van der Waals surface area contributed by atoms with E-state index in [0.717, 1.165) is 33.6 Å². The number of hydrogen-bond donors (Lipinski definition) is 1. The maximum Gasteiger partial charge on any atom is 0.123 e. The van der Waals surface area contributed by atoms with E-state index in [-0.39, 0.29) is 11.6 Å². The van der Waals surface area contributed by atoms with Gasteiger partial charge in [-0.05, 0) is 59.2 Å². The van der Waals surface area contributed by atoms with Crippen LogP contribution in [0.3, 0.4) is 0 Å². The van der Waals surface area contributed by atoms with Crippen molar-refractivity contribution in [2.45, 2.75) is 0 Å². The smallest absolute Gasteiger partial charge is 0.123 e. The molecule has 1 heterocycles. The highest BCUT2D eigenvalue weighted by Crippen LogP contribution is 2.36. The van der Waals surface area contributed by atoms with E-state index >= 15 is 0 Å². The summed E-state index contributed by atoms with van der Waals surface area (Å²) in [6.45, 7) is 0. The molecule has 4 aromatic rings. The number of aromatic nitrogens is 1. The van der Waals surface area contributed by atoms with Crippen LogP contribution in [-0.2, 0) is 0 Å². The predicted molar refractivity (Wildman–Crippen MR) is 97.0 cm³/mol. The number of nitrogens with one attached hydrogen (secondary N) is 1. The van der Waals surface area contributed by atoms with Gasteiger partial charge in [0, 0.05) is 11.3 Å². The van der Waals surface area contributed by atoms with Gasteiger partial charge in [0.2, 0.25) is 0 Å². The Morgan fingerprint density at radius 2 is 1.12 bits per heavy atom. The zero-order chi connectivity index (χ0) is 17.2. The standard InChI is InChI=1S/C22H15F2N/c23-18-10-6-15(7-11-18)20-14-21(16-4-2-1-3-5-16)25-22(20)17-8-12-19(24)13-9-17/h1-14,25H. The van der Waals surface area contributed by atoms with Crippen LogP contribution in [0, 0.1) is 11.6 Å². The van der Waals surface area contributed by atoms with Crippen LogP contribution in [0.5, 0.6) is 0 Å². The molecular formula is C22H15F2N. The Morgan fingerprint density at radius 3 is 1.72 bits per heavy atom. The van der Waals surface area contributed by atoms with Crippen LogP contribution in [0.2, 0.25) is 0 Å². The predicted octanol–water partition coefficient (Wildman–Crippen LogP) is 6.29. The fraction of sp³-hybridized carbons (Fsp3) is 0. The number of benzene rings is 3. The third kappa shape index (κ3) is 3.09. The van der Waals surface area contributed by atoms with Gasteiger partial charge in [-0.15, -0.1) is 0 Å². The van der Waals surface area contributed by atoms with Gasteiger partial charge in [-0.25, -0.2) is 8.78 Å². The molecule has 4 rings (SSSR count). The van der Waals surface area contributed by atoms with Crippen molar-refractivity contribution in [1.29, 1.82) is 0 Å². The van der Waals surface area contributed by atoms with Crippen LogP contribution >= 0.6 is 0 Å². The Morgan fingerprint density at radius 1 is 0.560 bits per heavy atom. The first kappa shape index (κ1) is 15.3. The first-order chi connectivity index (χ1) is 12.2. The molecule has 0 bridgehead atoms. The van der Waals surface area contributed by atoms with Crippen molar-refractivity contribution in [1.82, 2.24) is 4.98 Å². The molecule has 25 heavy (non-hydrogen) atoms. The van der Waals surface area contributed by atoms with E-state index in [1.165, 1.54) is 24.3 Å². The molecule has 0 fully saturated rings. The highest BCUT2D eigenvalue weighted by molar-refractivity contribution is 5.85. The second kappa shape index (κ2) is 6.36. The summed E-state index contributed by atoms with van der Waals surface area (Å²) < 4.78 is 26.6. The van der Waals surface area contributed by atoms with Crippen molar-refractivity contribution >= 4 is 0 Å². The van der Waals surface area contributed by atoms with Gasteiger partial charge in [0.05, 0.1) is 5.69 Å². The summed E-state index contributed by atoms with van der Waals surface area (Å²) in [6, 6.07) is 24.7. The maximum absolute atomic E-state index is 13.3. The van der Waals surface area contributed by atoms with Gasteiger partial charge in [-0.1, -0.05) is 42.5 Å². The molecule has 0 amide bonds. The molecule has 0 spiro atoms. The fourth-order valence-electron chi connectivity index (χ4n) is 2.93. The van der Waals surface area contributed by atoms with E-state index in [4.69, 9.17) is 0 Å². The molecule has 1 N–H and O–H groups in total. The lowest BCUT2D eigenvalue weighted by Gasteiger charge is -2.05. The van der Waals surface area contributed by atoms with E-state index in [1.54, 1.807) is 24.3 Å². The Labute approximate surface area is 144 Å². The average molecular weight is 331 g/mol. The van der Waals surface area contributed by atoms with Gasteiger partial charge < -0.3 is 4.98 Å². The minimum absolute atomic E-state index is 0.272. The highest BCUT2D eigenvalue weighted by atomic mass is 19.1. The van der Waals surface area contributed by atoms with Crippen LogP contribution < -0.4 is 0 Å². The molecule has 0 saturated heterocycles. The summed E-state index contributed by atoms with van der Waals surface area (Å²) in [4.78, 5) is 3.43. The van der Waals surface area contributed by atoms with E-state index in [9.17, 15) is 8.78 Å². The quantitative estimate of drug-likeness (QED) is 0.454. The molecule has 122 valence electrons. The van der Waals surface area contributed by atoms with Crippen molar-refractivity contribution in [2.24, 2.45) is 0 Å². The summed E-state index contributed by atoms with van der Waals surface area (Å²) in [5, 5.41) is 0. The Balaban J connectivity index is 1.89. The normalized spacial score (nSPS) is 10.8. The molecule has 0 aliphatic carbocycles. The molecule has 0 aliphatic heterocycles. The van der Waals surface area contributed by atoms with Crippen LogP contribution in [-0.4, -0.2) is 4.98 Å². The minimum atomic E-state index is -0.276. The highest BCUT2D eigenvalue weighted by Gasteiger charge is 2.13. The Kier molecular flexibility index (Phi) is 3.90. The first-order valence-electron chi connectivity index (χ1n) is 8.01. The number of hydrogen-bond acceptors (Lipinski definition) is 0. The SMILES string of the molecule is Fc1ccc(-c2cc(-c3ccccc3)[nH]c2-c2ccc(F)cc2)cc1. The fourth-order valence-corrected chi connectivity index (χ4v) is 2.93. The van der Waals surface area contributed by atoms with E-state index in [1.807, 2.05) is 36.4 Å². The van der Waals surface area contributed by atoms with Crippen LogP contribution in [0.4, 0.5) is 8.78 Å². The summed E-state index contributed by atoms with van der Waals surface area (Å²) in [5.74, 6) is -0.548. The monoisotopic (exact) mass is 331 g/mol. The lowest BCUT2D eigenvalue weighted by atomic mass is 10.0. The molecule has 3 aromatic carbocycles. The minimum Gasteiger partial charge on any atom is -0.354 e. The molecule has 1 nitrogen and oxygen atoms in total. The van der Waals surface area contributed by atoms with Crippen LogP contribution in [0.15, 0.2) is 84.9 Å². The van der Waals surface area contributed by atoms with Crippen molar-refractivity contribution in [3.8, 4) is 33.6 Å². The molecule has 0 unspecified atom stereocenters. The third-order valence-corrected chi connectivity index (χ3v) is 4.19. The molecule has 1 aromatic heterocycles. The lowest BCUT2D eigenvalue weighted by molar-refractivity contribution is 0.627. The van der Waals surface area contributed by atoms with Crippen molar-refractivity contribution in [3.63, 3.8) is 0 Å². The lowest BCUT2D eigenvalue weighted by Crippen LogP contribution is -1.84. The number of halogens is 2. The Hall–Kier alpha value is -3.20. The number of H-pyrrole nitrogens is 1. The molecular weight excluding hydrogens is 316 g/mol. The first-order valence-corrected chi connectivity index (χ1v) is 8.01. The van der Waals surface area contributed by atoms with Gasteiger partial charge >= 0.3 is 0 Å². The van der Waals surface area contributed by atoms with Crippen LogP contribution in [0.1, 0.15) is 0 Å². The van der Waals surface area contributed by atoms with Gasteiger partial charge in [-0.2, -0.15) is 0 Å². The summed E-state index contributed by atoms with van der Waals surface area (Å²) in [7, 11) is 0. The van der Waals surface area contributed by atoms with Crippen molar-refractivity contribution in [2.75, 3.05) is 0 Å². The second-order valence-electron chi connectivity index (χ2n) is 5.85. The maximum atomic E-state index is 13.3. The summed E-state index contributed by atoms with van der Waals surface area (Å²) in [5.41, 5.74) is 5.62. The van der Waals surface area contributed by atoms with E-state index in [2.05, 4.69) is 4.98 Å². The molecule has 0 aliphatic rings. The second-order valence-corrected chi connectivity index (χ2v) is 5.85.